The summed E-state index contributed by atoms with van der Waals surface area (Å²) >= 11 is 5.76. The Bertz CT molecular complexity index is 774. The molecular weight excluding hydrogens is 463 g/mol. The Morgan fingerprint density at radius 2 is 1.26 bits per heavy atom. The Labute approximate surface area is 221 Å². The van der Waals surface area contributed by atoms with Gasteiger partial charge in [-0.25, -0.2) is 0 Å². The first-order chi connectivity index (χ1) is 17.3. The van der Waals surface area contributed by atoms with Gasteiger partial charge in [-0.05, 0) is 50.0 Å². The molecule has 0 amide bonds. The lowest BCUT2D eigenvalue weighted by atomic mass is 9.95. The molecule has 192 valence electrons. The van der Waals surface area contributed by atoms with Crippen molar-refractivity contribution in [3.63, 3.8) is 0 Å². The van der Waals surface area contributed by atoms with Gasteiger partial charge in [-0.15, -0.1) is 0 Å². The van der Waals surface area contributed by atoms with Crippen LogP contribution < -0.4 is 21.2 Å². The van der Waals surface area contributed by atoms with Crippen molar-refractivity contribution < 1.29 is 0 Å². The van der Waals surface area contributed by atoms with Crippen LogP contribution in [0.25, 0.3) is 0 Å². The van der Waals surface area contributed by atoms with Gasteiger partial charge in [0.2, 0.25) is 0 Å². The van der Waals surface area contributed by atoms with Gasteiger partial charge in [-0.2, -0.15) is 0 Å². The molecule has 0 heterocycles. The van der Waals surface area contributed by atoms with Crippen LogP contribution in [-0.2, 0) is 0 Å². The van der Waals surface area contributed by atoms with Gasteiger partial charge >= 0.3 is 0 Å². The third-order valence-corrected chi connectivity index (χ3v) is 10.5. The van der Waals surface area contributed by atoms with E-state index in [-0.39, 0.29) is 0 Å². The minimum Gasteiger partial charge on any atom is -0.363 e. The highest BCUT2D eigenvalue weighted by Gasteiger charge is 2.33. The molecule has 0 spiro atoms. The molecule has 1 aliphatic rings. The average Bonchev–Trinajstić information content (AvgIpc) is 2.90. The van der Waals surface area contributed by atoms with E-state index in [4.69, 9.17) is 12.2 Å². The molecule has 0 unspecified atom stereocenters. The summed E-state index contributed by atoms with van der Waals surface area (Å²) in [4.78, 5) is 0. The summed E-state index contributed by atoms with van der Waals surface area (Å²) in [6.45, 7) is 3.28. The van der Waals surface area contributed by atoms with Crippen molar-refractivity contribution >= 4 is 35.9 Å². The number of thiocarbonyl (C=S) groups is 1. The molecule has 0 aromatic heterocycles. The van der Waals surface area contributed by atoms with Crippen molar-refractivity contribution in [2.24, 2.45) is 0 Å². The third-order valence-electron chi connectivity index (χ3n) is 7.26. The SMILES string of the molecule is CCCCCCCCCCCCNC(=S)N[C@@H]1CCCC[C@H]1P(c1ccccc1)c1ccccc1. The molecule has 3 rings (SSSR count). The van der Waals surface area contributed by atoms with Crippen LogP contribution in [0.4, 0.5) is 0 Å². The molecule has 35 heavy (non-hydrogen) atoms. The predicted molar refractivity (Wildman–Crippen MR) is 161 cm³/mol. The largest absolute Gasteiger partial charge is 0.363 e. The Morgan fingerprint density at radius 3 is 1.83 bits per heavy atom. The van der Waals surface area contributed by atoms with Gasteiger partial charge < -0.3 is 10.6 Å². The summed E-state index contributed by atoms with van der Waals surface area (Å²) in [5.74, 6) is 0. The molecular formula is C31H47N2PS. The summed E-state index contributed by atoms with van der Waals surface area (Å²) in [6, 6.07) is 22.8. The quantitative estimate of drug-likeness (QED) is 0.145. The molecule has 0 radical (unpaired) electrons. The number of hydrogen-bond donors (Lipinski definition) is 2. The first kappa shape index (κ1) is 28.1. The minimum absolute atomic E-state index is 0.419. The molecule has 0 bridgehead atoms. The Hall–Kier alpha value is -1.44. The van der Waals surface area contributed by atoms with Crippen LogP contribution in [0.1, 0.15) is 96.8 Å². The van der Waals surface area contributed by atoms with E-state index in [0.717, 1.165) is 11.7 Å². The molecule has 0 saturated heterocycles. The summed E-state index contributed by atoms with van der Waals surface area (Å²) in [5.41, 5.74) is 0.612. The van der Waals surface area contributed by atoms with Gasteiger partial charge in [0.05, 0.1) is 0 Å². The molecule has 2 aromatic carbocycles. The fourth-order valence-corrected chi connectivity index (χ4v) is 8.66. The Morgan fingerprint density at radius 1 is 0.743 bits per heavy atom. The van der Waals surface area contributed by atoms with Gasteiger partial charge in [0.1, 0.15) is 0 Å². The molecule has 1 aliphatic carbocycles. The van der Waals surface area contributed by atoms with Crippen LogP contribution >= 0.6 is 20.1 Å². The lowest BCUT2D eigenvalue weighted by Crippen LogP contribution is -2.49. The lowest BCUT2D eigenvalue weighted by Gasteiger charge is -2.39. The number of hydrogen-bond acceptors (Lipinski definition) is 1. The smallest absolute Gasteiger partial charge is 0.166 e. The maximum absolute atomic E-state index is 5.76. The Balaban J connectivity index is 1.44. The van der Waals surface area contributed by atoms with E-state index in [1.165, 1.54) is 101 Å². The number of nitrogens with one attached hydrogen (secondary N) is 2. The van der Waals surface area contributed by atoms with E-state index in [2.05, 4.69) is 78.2 Å². The van der Waals surface area contributed by atoms with E-state index in [1.54, 1.807) is 0 Å². The highest BCUT2D eigenvalue weighted by Crippen LogP contribution is 2.46. The molecule has 1 saturated carbocycles. The third kappa shape index (κ3) is 10.2. The van der Waals surface area contributed by atoms with Crippen LogP contribution in [0.2, 0.25) is 0 Å². The van der Waals surface area contributed by atoms with Crippen LogP contribution in [0.15, 0.2) is 60.7 Å². The molecule has 1 fully saturated rings. The molecule has 2 N–H and O–H groups in total. The minimum atomic E-state index is -0.419. The van der Waals surface area contributed by atoms with Crippen LogP contribution in [0, 0.1) is 0 Å². The fraction of sp³-hybridized carbons (Fsp3) is 0.581. The number of rotatable bonds is 15. The average molecular weight is 511 g/mol. The Kier molecular flexibility index (Phi) is 13.7. The maximum atomic E-state index is 5.76. The zero-order chi connectivity index (χ0) is 24.6. The van der Waals surface area contributed by atoms with Crippen molar-refractivity contribution in [2.45, 2.75) is 109 Å². The second-order valence-corrected chi connectivity index (χ2v) is 12.9. The summed E-state index contributed by atoms with van der Waals surface area (Å²) in [7, 11) is -0.419. The standard InChI is InChI=1S/C31H47N2PS/c1-2-3-4-5-6-7-8-9-10-19-26-32-31(35)33-29-24-17-18-25-30(29)34(27-20-13-11-14-21-27)28-22-15-12-16-23-28/h11-16,20-23,29-30H,2-10,17-19,24-26H2,1H3,(H2,32,33,35)/t29-,30-/m1/s1. The summed E-state index contributed by atoms with van der Waals surface area (Å²) in [6.07, 6.45) is 18.8. The van der Waals surface area contributed by atoms with Crippen LogP contribution in [0.3, 0.4) is 0 Å². The van der Waals surface area contributed by atoms with Gasteiger partial charge in [-0.1, -0.05) is 138 Å². The van der Waals surface area contributed by atoms with Crippen LogP contribution in [-0.4, -0.2) is 23.4 Å². The molecule has 0 aliphatic heterocycles. The van der Waals surface area contributed by atoms with Gasteiger partial charge in [0.15, 0.2) is 5.11 Å². The predicted octanol–water partition coefficient (Wildman–Crippen LogP) is 7.82. The number of unbranched alkanes of at least 4 members (excludes halogenated alkanes) is 9. The molecule has 2 atom stereocenters. The normalized spacial score (nSPS) is 17.9. The van der Waals surface area contributed by atoms with Crippen molar-refractivity contribution in [1.29, 1.82) is 0 Å². The van der Waals surface area contributed by atoms with E-state index in [9.17, 15) is 0 Å². The first-order valence-electron chi connectivity index (χ1n) is 14.2. The zero-order valence-corrected chi connectivity index (χ0v) is 23.6. The highest BCUT2D eigenvalue weighted by atomic mass is 32.1. The van der Waals surface area contributed by atoms with E-state index in [0.29, 0.717) is 11.7 Å². The molecule has 2 aromatic rings. The van der Waals surface area contributed by atoms with E-state index in [1.807, 2.05) is 0 Å². The zero-order valence-electron chi connectivity index (χ0n) is 21.9. The van der Waals surface area contributed by atoms with Gasteiger partial charge in [0, 0.05) is 18.2 Å². The fourth-order valence-electron chi connectivity index (χ4n) is 5.33. The van der Waals surface area contributed by atoms with Gasteiger partial charge in [0.25, 0.3) is 0 Å². The lowest BCUT2D eigenvalue weighted by molar-refractivity contribution is 0.420. The van der Waals surface area contributed by atoms with E-state index >= 15 is 0 Å². The molecule has 2 nitrogen and oxygen atoms in total. The second-order valence-electron chi connectivity index (χ2n) is 10.1. The monoisotopic (exact) mass is 510 g/mol. The summed E-state index contributed by atoms with van der Waals surface area (Å²) in [5, 5.41) is 11.1. The van der Waals surface area contributed by atoms with Crippen LogP contribution in [0.5, 0.6) is 0 Å². The van der Waals surface area contributed by atoms with Crippen molar-refractivity contribution in [1.82, 2.24) is 10.6 Å². The second kappa shape index (κ2) is 17.1. The highest BCUT2D eigenvalue weighted by molar-refractivity contribution is 7.80. The summed E-state index contributed by atoms with van der Waals surface area (Å²) < 4.78 is 0. The van der Waals surface area contributed by atoms with Crippen molar-refractivity contribution in [2.75, 3.05) is 6.54 Å². The topological polar surface area (TPSA) is 24.1 Å². The van der Waals surface area contributed by atoms with Gasteiger partial charge in [-0.3, -0.25) is 0 Å². The van der Waals surface area contributed by atoms with E-state index < -0.39 is 7.92 Å². The van der Waals surface area contributed by atoms with Crippen molar-refractivity contribution in [3.05, 3.63) is 60.7 Å². The van der Waals surface area contributed by atoms with Crippen molar-refractivity contribution in [3.8, 4) is 0 Å². The molecule has 4 heteroatoms. The number of benzene rings is 2. The first-order valence-corrected chi connectivity index (χ1v) is 16.0. The maximum Gasteiger partial charge on any atom is 0.166 e.